The highest BCUT2D eigenvalue weighted by atomic mass is 32.1. The largest absolute Gasteiger partial charge is 0.481 e. The number of hydrogen-bond donors (Lipinski definition) is 1. The second-order valence-electron chi connectivity index (χ2n) is 2.96. The van der Waals surface area contributed by atoms with Crippen LogP contribution >= 0.6 is 11.3 Å². The van der Waals surface area contributed by atoms with Gasteiger partial charge in [0.25, 0.3) is 5.91 Å². The number of thiophene rings is 1. The highest BCUT2D eigenvalue weighted by Crippen LogP contribution is 2.23. The number of amides is 1. The third-order valence-corrected chi connectivity index (χ3v) is 2.77. The maximum absolute atomic E-state index is 11.1. The minimum absolute atomic E-state index is 0.148. The van der Waals surface area contributed by atoms with E-state index in [1.54, 1.807) is 0 Å². The molecule has 82 valence electrons. The first-order chi connectivity index (χ1) is 7.70. The summed E-state index contributed by atoms with van der Waals surface area (Å²) in [7, 11) is 1.48. The van der Waals surface area contributed by atoms with Gasteiger partial charge in [-0.1, -0.05) is 6.07 Å². The zero-order valence-electron chi connectivity index (χ0n) is 8.51. The van der Waals surface area contributed by atoms with Gasteiger partial charge in [0.2, 0.25) is 5.88 Å². The zero-order valence-corrected chi connectivity index (χ0v) is 9.32. The van der Waals surface area contributed by atoms with E-state index >= 15 is 0 Å². The Hall–Kier alpha value is -1.95. The van der Waals surface area contributed by atoms with E-state index in [4.69, 9.17) is 10.5 Å². The molecule has 0 saturated carbocycles. The van der Waals surface area contributed by atoms with Gasteiger partial charge in [-0.05, 0) is 11.4 Å². The van der Waals surface area contributed by atoms with Crippen molar-refractivity contribution in [2.75, 3.05) is 7.11 Å². The van der Waals surface area contributed by atoms with Crippen LogP contribution in [0.5, 0.6) is 5.88 Å². The van der Waals surface area contributed by atoms with E-state index in [9.17, 15) is 4.79 Å². The van der Waals surface area contributed by atoms with E-state index < -0.39 is 5.91 Å². The lowest BCUT2D eigenvalue weighted by Gasteiger charge is -2.03. The van der Waals surface area contributed by atoms with Crippen molar-refractivity contribution in [2.24, 2.45) is 5.73 Å². The van der Waals surface area contributed by atoms with E-state index in [1.165, 1.54) is 24.5 Å². The number of rotatable bonds is 3. The second kappa shape index (κ2) is 4.28. The van der Waals surface area contributed by atoms with E-state index in [1.807, 2.05) is 17.5 Å². The molecule has 0 bridgehead atoms. The van der Waals surface area contributed by atoms with Gasteiger partial charge in [-0.15, -0.1) is 11.3 Å². The lowest BCUT2D eigenvalue weighted by molar-refractivity contribution is 0.0995. The van der Waals surface area contributed by atoms with Gasteiger partial charge in [0.1, 0.15) is 5.69 Å². The Labute approximate surface area is 95.9 Å². The van der Waals surface area contributed by atoms with Crippen LogP contribution in [0, 0.1) is 0 Å². The average molecular weight is 235 g/mol. The number of methoxy groups -OCH3 is 1. The molecule has 0 atom stereocenters. The molecule has 2 heterocycles. The molecule has 0 fully saturated rings. The molecule has 0 aliphatic heterocycles. The average Bonchev–Trinajstić information content (AvgIpc) is 2.81. The Morgan fingerprint density at radius 3 is 2.88 bits per heavy atom. The SMILES string of the molecule is COc1cc(C(N)=O)nc(-c2cccs2)n1. The van der Waals surface area contributed by atoms with Gasteiger partial charge in [0, 0.05) is 6.07 Å². The van der Waals surface area contributed by atoms with Crippen molar-refractivity contribution in [3.05, 3.63) is 29.3 Å². The fourth-order valence-electron chi connectivity index (χ4n) is 1.17. The van der Waals surface area contributed by atoms with Crippen molar-refractivity contribution in [1.29, 1.82) is 0 Å². The van der Waals surface area contributed by atoms with Crippen LogP contribution in [0.1, 0.15) is 10.5 Å². The van der Waals surface area contributed by atoms with Gasteiger partial charge in [-0.25, -0.2) is 4.98 Å². The number of nitrogens with zero attached hydrogens (tertiary/aromatic N) is 2. The molecular formula is C10H9N3O2S. The molecule has 0 aliphatic rings. The molecule has 6 heteroatoms. The van der Waals surface area contributed by atoms with Gasteiger partial charge < -0.3 is 10.5 Å². The Morgan fingerprint density at radius 2 is 2.31 bits per heavy atom. The van der Waals surface area contributed by atoms with E-state index in [2.05, 4.69) is 9.97 Å². The van der Waals surface area contributed by atoms with Crippen LogP contribution in [0.3, 0.4) is 0 Å². The topological polar surface area (TPSA) is 78.1 Å². The quantitative estimate of drug-likeness (QED) is 0.870. The van der Waals surface area contributed by atoms with Gasteiger partial charge in [-0.3, -0.25) is 4.79 Å². The molecule has 0 radical (unpaired) electrons. The van der Waals surface area contributed by atoms with Crippen LogP contribution in [0.2, 0.25) is 0 Å². The van der Waals surface area contributed by atoms with Gasteiger partial charge >= 0.3 is 0 Å². The number of hydrogen-bond acceptors (Lipinski definition) is 5. The van der Waals surface area contributed by atoms with Gasteiger partial charge in [0.05, 0.1) is 12.0 Å². The highest BCUT2D eigenvalue weighted by Gasteiger charge is 2.11. The molecule has 2 aromatic rings. The first-order valence-electron chi connectivity index (χ1n) is 4.47. The summed E-state index contributed by atoms with van der Waals surface area (Å²) in [5, 5.41) is 1.90. The third-order valence-electron chi connectivity index (χ3n) is 1.91. The third kappa shape index (κ3) is 2.01. The molecule has 2 aromatic heterocycles. The lowest BCUT2D eigenvalue weighted by Crippen LogP contribution is -2.14. The predicted octanol–water partition coefficient (Wildman–Crippen LogP) is 1.31. The summed E-state index contributed by atoms with van der Waals surface area (Å²) < 4.78 is 4.99. The number of aromatic nitrogens is 2. The number of primary amides is 1. The molecule has 0 unspecified atom stereocenters. The van der Waals surface area contributed by atoms with Crippen LogP contribution in [-0.4, -0.2) is 23.0 Å². The van der Waals surface area contributed by atoms with Gasteiger partial charge in [0.15, 0.2) is 5.82 Å². The van der Waals surface area contributed by atoms with Crippen LogP contribution in [-0.2, 0) is 0 Å². The monoisotopic (exact) mass is 235 g/mol. The molecule has 2 rings (SSSR count). The molecule has 0 aliphatic carbocycles. The molecule has 0 spiro atoms. The number of carbonyl (C=O) groups excluding carboxylic acids is 1. The smallest absolute Gasteiger partial charge is 0.267 e. The molecule has 0 aromatic carbocycles. The summed E-state index contributed by atoms with van der Waals surface area (Å²) in [6.07, 6.45) is 0. The number of carbonyl (C=O) groups is 1. The van der Waals surface area contributed by atoms with Gasteiger partial charge in [-0.2, -0.15) is 4.98 Å². The Kier molecular flexibility index (Phi) is 2.82. The summed E-state index contributed by atoms with van der Waals surface area (Å²) in [4.78, 5) is 20.1. The molecule has 0 saturated heterocycles. The second-order valence-corrected chi connectivity index (χ2v) is 3.91. The van der Waals surface area contributed by atoms with Crippen LogP contribution < -0.4 is 10.5 Å². The standard InChI is InChI=1S/C10H9N3O2S/c1-15-8-5-6(9(11)14)12-10(13-8)7-3-2-4-16-7/h2-5H,1H3,(H2,11,14). The van der Waals surface area contributed by atoms with Crippen molar-refractivity contribution in [1.82, 2.24) is 9.97 Å². The summed E-state index contributed by atoms with van der Waals surface area (Å²) in [6, 6.07) is 5.16. The van der Waals surface area contributed by atoms with Crippen LogP contribution in [0.15, 0.2) is 23.6 Å². The molecular weight excluding hydrogens is 226 g/mol. The summed E-state index contributed by atoms with van der Waals surface area (Å²) in [6.45, 7) is 0. The fraction of sp³-hybridized carbons (Fsp3) is 0.100. The Morgan fingerprint density at radius 1 is 1.50 bits per heavy atom. The summed E-state index contributed by atoms with van der Waals surface area (Å²) >= 11 is 1.48. The van der Waals surface area contributed by atoms with Crippen molar-refractivity contribution >= 4 is 17.2 Å². The fourth-order valence-corrected chi connectivity index (χ4v) is 1.83. The van der Waals surface area contributed by atoms with Crippen molar-refractivity contribution in [3.63, 3.8) is 0 Å². The number of nitrogens with two attached hydrogens (primary N) is 1. The minimum Gasteiger partial charge on any atom is -0.481 e. The lowest BCUT2D eigenvalue weighted by atomic mass is 10.3. The minimum atomic E-state index is -0.599. The van der Waals surface area contributed by atoms with E-state index in [0.29, 0.717) is 11.7 Å². The maximum Gasteiger partial charge on any atom is 0.267 e. The Balaban J connectivity index is 2.53. The van der Waals surface area contributed by atoms with E-state index in [-0.39, 0.29) is 5.69 Å². The van der Waals surface area contributed by atoms with Crippen molar-refractivity contribution in [3.8, 4) is 16.6 Å². The molecule has 5 nitrogen and oxygen atoms in total. The maximum atomic E-state index is 11.1. The zero-order chi connectivity index (χ0) is 11.5. The first kappa shape index (κ1) is 10.6. The van der Waals surface area contributed by atoms with Crippen LogP contribution in [0.25, 0.3) is 10.7 Å². The van der Waals surface area contributed by atoms with E-state index in [0.717, 1.165) is 4.88 Å². The molecule has 16 heavy (non-hydrogen) atoms. The Bertz CT molecular complexity index is 511. The van der Waals surface area contributed by atoms with Crippen molar-refractivity contribution < 1.29 is 9.53 Å². The molecule has 1 amide bonds. The van der Waals surface area contributed by atoms with Crippen LogP contribution in [0.4, 0.5) is 0 Å². The highest BCUT2D eigenvalue weighted by molar-refractivity contribution is 7.13. The van der Waals surface area contributed by atoms with Crippen molar-refractivity contribution in [2.45, 2.75) is 0 Å². The first-order valence-corrected chi connectivity index (χ1v) is 5.35. The number of ether oxygens (including phenoxy) is 1. The predicted molar refractivity (Wildman–Crippen MR) is 60.4 cm³/mol. The molecule has 2 N–H and O–H groups in total. The normalized spacial score (nSPS) is 10.1. The summed E-state index contributed by atoms with van der Waals surface area (Å²) in [5.74, 6) is 0.175. The summed E-state index contributed by atoms with van der Waals surface area (Å²) in [5.41, 5.74) is 5.33.